The third-order valence-corrected chi connectivity index (χ3v) is 2.89. The molecule has 3 rings (SSSR count). The number of carbonyl (C=O) groups excluding carboxylic acids is 1. The molecule has 0 saturated heterocycles. The summed E-state index contributed by atoms with van der Waals surface area (Å²) in [6, 6.07) is 7.76. The van der Waals surface area contributed by atoms with Gasteiger partial charge in [-0.1, -0.05) is 18.2 Å². The first-order chi connectivity index (χ1) is 7.36. The van der Waals surface area contributed by atoms with Crippen molar-refractivity contribution in [2.45, 2.75) is 12.8 Å². The number of fused-ring (bicyclic) bond motifs is 1. The maximum atomic E-state index is 12.0. The predicted octanol–water partition coefficient (Wildman–Crippen LogP) is 2.83. The van der Waals surface area contributed by atoms with E-state index >= 15 is 0 Å². The van der Waals surface area contributed by atoms with Crippen LogP contribution in [-0.4, -0.2) is 10.8 Å². The van der Waals surface area contributed by atoms with E-state index in [0.29, 0.717) is 5.78 Å². The van der Waals surface area contributed by atoms with E-state index in [0.717, 1.165) is 29.2 Å². The number of hydrogen-bond acceptors (Lipinski definition) is 2. The van der Waals surface area contributed by atoms with E-state index in [2.05, 4.69) is 4.98 Å². The zero-order chi connectivity index (χ0) is 10.3. The van der Waals surface area contributed by atoms with Gasteiger partial charge in [-0.2, -0.15) is 0 Å². The smallest absolute Gasteiger partial charge is 0.166 e. The van der Waals surface area contributed by atoms with E-state index in [-0.39, 0.29) is 5.92 Å². The van der Waals surface area contributed by atoms with Crippen LogP contribution in [0.5, 0.6) is 0 Å². The van der Waals surface area contributed by atoms with Crippen molar-refractivity contribution in [2.24, 2.45) is 5.92 Å². The van der Waals surface area contributed by atoms with Crippen LogP contribution in [0.15, 0.2) is 36.7 Å². The number of nitrogens with zero attached hydrogens (tertiary/aromatic N) is 1. The molecule has 0 aliphatic heterocycles. The van der Waals surface area contributed by atoms with Gasteiger partial charge in [0.2, 0.25) is 0 Å². The lowest BCUT2D eigenvalue weighted by Crippen LogP contribution is -2.01. The number of hydrogen-bond donors (Lipinski definition) is 0. The molecule has 0 N–H and O–H groups in total. The summed E-state index contributed by atoms with van der Waals surface area (Å²) in [5, 5.41) is 2.08. The van der Waals surface area contributed by atoms with Gasteiger partial charge in [0.15, 0.2) is 5.78 Å². The van der Waals surface area contributed by atoms with Crippen LogP contribution < -0.4 is 0 Å². The monoisotopic (exact) mass is 197 g/mol. The Morgan fingerprint density at radius 3 is 2.93 bits per heavy atom. The molecular weight excluding hydrogens is 186 g/mol. The summed E-state index contributed by atoms with van der Waals surface area (Å²) in [6.07, 6.45) is 5.66. The third kappa shape index (κ3) is 1.42. The lowest BCUT2D eigenvalue weighted by atomic mass is 10.0. The van der Waals surface area contributed by atoms with Gasteiger partial charge in [0.05, 0.1) is 0 Å². The fourth-order valence-electron chi connectivity index (χ4n) is 1.90. The third-order valence-electron chi connectivity index (χ3n) is 2.89. The molecule has 2 nitrogen and oxygen atoms in total. The molecule has 2 heteroatoms. The van der Waals surface area contributed by atoms with Crippen LogP contribution in [0.3, 0.4) is 0 Å². The highest BCUT2D eigenvalue weighted by Crippen LogP contribution is 2.34. The number of ketones is 1. The van der Waals surface area contributed by atoms with Gasteiger partial charge in [-0.3, -0.25) is 9.78 Å². The number of pyridine rings is 1. The summed E-state index contributed by atoms with van der Waals surface area (Å²) in [7, 11) is 0. The number of benzene rings is 1. The number of rotatable bonds is 2. The molecule has 0 bridgehead atoms. The SMILES string of the molecule is O=C(c1cccc2cnccc12)C1CC1. The average Bonchev–Trinajstić information content (AvgIpc) is 3.11. The minimum absolute atomic E-state index is 0.281. The minimum atomic E-state index is 0.281. The van der Waals surface area contributed by atoms with Gasteiger partial charge < -0.3 is 0 Å². The van der Waals surface area contributed by atoms with Gasteiger partial charge in [-0.05, 0) is 24.3 Å². The van der Waals surface area contributed by atoms with Crippen LogP contribution in [0.2, 0.25) is 0 Å². The molecule has 1 aliphatic carbocycles. The lowest BCUT2D eigenvalue weighted by molar-refractivity contribution is 0.0969. The standard InChI is InChI=1S/C13H11NO/c15-13(9-4-5-9)12-3-1-2-10-8-14-7-6-11(10)12/h1-3,6-9H,4-5H2. The fourth-order valence-corrected chi connectivity index (χ4v) is 1.90. The van der Waals surface area contributed by atoms with Crippen LogP contribution in [0.1, 0.15) is 23.2 Å². The van der Waals surface area contributed by atoms with Crippen molar-refractivity contribution in [3.05, 3.63) is 42.2 Å². The van der Waals surface area contributed by atoms with Crippen molar-refractivity contribution in [2.75, 3.05) is 0 Å². The van der Waals surface area contributed by atoms with Crippen molar-refractivity contribution in [3.8, 4) is 0 Å². The number of aromatic nitrogens is 1. The summed E-state index contributed by atoms with van der Waals surface area (Å²) in [5.74, 6) is 0.579. The Hall–Kier alpha value is -1.70. The molecule has 0 spiro atoms. The normalized spacial score (nSPS) is 15.5. The highest BCUT2D eigenvalue weighted by Gasteiger charge is 2.31. The van der Waals surface area contributed by atoms with Crippen molar-refractivity contribution in [1.82, 2.24) is 4.98 Å². The summed E-state index contributed by atoms with van der Waals surface area (Å²) in [6.45, 7) is 0. The molecule has 1 aliphatic rings. The van der Waals surface area contributed by atoms with E-state index in [1.54, 1.807) is 12.4 Å². The highest BCUT2D eigenvalue weighted by molar-refractivity contribution is 6.09. The van der Waals surface area contributed by atoms with Crippen LogP contribution in [0.25, 0.3) is 10.8 Å². The molecule has 1 aromatic heterocycles. The Balaban J connectivity index is 2.20. The van der Waals surface area contributed by atoms with Crippen molar-refractivity contribution < 1.29 is 4.79 Å². The largest absolute Gasteiger partial charge is 0.294 e. The molecule has 1 aromatic carbocycles. The quantitative estimate of drug-likeness (QED) is 0.693. The van der Waals surface area contributed by atoms with Crippen molar-refractivity contribution in [3.63, 3.8) is 0 Å². The second-order valence-electron chi connectivity index (χ2n) is 4.04. The predicted molar refractivity (Wildman–Crippen MR) is 58.8 cm³/mol. The van der Waals surface area contributed by atoms with E-state index < -0.39 is 0 Å². The van der Waals surface area contributed by atoms with E-state index in [1.165, 1.54) is 0 Å². The van der Waals surface area contributed by atoms with Gasteiger partial charge in [0, 0.05) is 29.3 Å². The topological polar surface area (TPSA) is 30.0 Å². The molecule has 2 aromatic rings. The summed E-state index contributed by atoms with van der Waals surface area (Å²) in [4.78, 5) is 16.1. The molecule has 1 fully saturated rings. The summed E-state index contributed by atoms with van der Waals surface area (Å²) >= 11 is 0. The fraction of sp³-hybridized carbons (Fsp3) is 0.231. The van der Waals surface area contributed by atoms with E-state index in [9.17, 15) is 4.79 Å². The lowest BCUT2D eigenvalue weighted by Gasteiger charge is -2.03. The maximum absolute atomic E-state index is 12.0. The van der Waals surface area contributed by atoms with E-state index in [4.69, 9.17) is 0 Å². The first-order valence-electron chi connectivity index (χ1n) is 5.23. The summed E-state index contributed by atoms with van der Waals surface area (Å²) in [5.41, 5.74) is 0.859. The van der Waals surface area contributed by atoms with Crippen LogP contribution in [0, 0.1) is 5.92 Å². The zero-order valence-electron chi connectivity index (χ0n) is 8.31. The Bertz CT molecular complexity index is 524. The molecule has 1 saturated carbocycles. The Morgan fingerprint density at radius 1 is 1.27 bits per heavy atom. The molecule has 0 atom stereocenters. The van der Waals surface area contributed by atoms with Crippen molar-refractivity contribution >= 4 is 16.6 Å². The van der Waals surface area contributed by atoms with E-state index in [1.807, 2.05) is 24.3 Å². The van der Waals surface area contributed by atoms with Crippen molar-refractivity contribution in [1.29, 1.82) is 0 Å². The van der Waals surface area contributed by atoms with Gasteiger partial charge >= 0.3 is 0 Å². The maximum Gasteiger partial charge on any atom is 0.166 e. The molecular formula is C13H11NO. The molecule has 0 amide bonds. The average molecular weight is 197 g/mol. The minimum Gasteiger partial charge on any atom is -0.294 e. The number of carbonyl (C=O) groups is 1. The van der Waals surface area contributed by atoms with Crippen LogP contribution in [0.4, 0.5) is 0 Å². The molecule has 74 valence electrons. The van der Waals surface area contributed by atoms with Gasteiger partial charge in [0.1, 0.15) is 0 Å². The molecule has 15 heavy (non-hydrogen) atoms. The summed E-state index contributed by atoms with van der Waals surface area (Å²) < 4.78 is 0. The molecule has 0 radical (unpaired) electrons. The van der Waals surface area contributed by atoms with Gasteiger partial charge in [-0.15, -0.1) is 0 Å². The first-order valence-corrected chi connectivity index (χ1v) is 5.23. The highest BCUT2D eigenvalue weighted by atomic mass is 16.1. The second-order valence-corrected chi connectivity index (χ2v) is 4.04. The Morgan fingerprint density at radius 2 is 2.13 bits per heavy atom. The molecule has 0 unspecified atom stereocenters. The van der Waals surface area contributed by atoms with Crippen LogP contribution >= 0.6 is 0 Å². The Labute approximate surface area is 87.9 Å². The Kier molecular flexibility index (Phi) is 1.81. The zero-order valence-corrected chi connectivity index (χ0v) is 8.31. The molecule has 1 heterocycles. The van der Waals surface area contributed by atoms with Gasteiger partial charge in [0.25, 0.3) is 0 Å². The first kappa shape index (κ1) is 8.60. The van der Waals surface area contributed by atoms with Gasteiger partial charge in [-0.25, -0.2) is 0 Å². The number of Topliss-reactive ketones (excluding diaryl/α,β-unsaturated/α-hetero) is 1. The second kappa shape index (κ2) is 3.16. The van der Waals surface area contributed by atoms with Crippen LogP contribution in [-0.2, 0) is 0 Å².